The average Bonchev–Trinajstić information content (AvgIpc) is 2.85. The fourth-order valence-electron chi connectivity index (χ4n) is 1.75. The first kappa shape index (κ1) is 13.7. The van der Waals surface area contributed by atoms with Crippen molar-refractivity contribution in [1.82, 2.24) is 14.9 Å². The molecule has 0 radical (unpaired) electrons. The number of benzene rings is 1. The van der Waals surface area contributed by atoms with Crippen LogP contribution in [0.4, 0.5) is 0 Å². The highest BCUT2D eigenvalue weighted by Crippen LogP contribution is 2.14. The number of hydrogen-bond acceptors (Lipinski definition) is 3. The lowest BCUT2D eigenvalue weighted by Gasteiger charge is -2.07. The number of aromatic nitrogens is 2. The topological polar surface area (TPSA) is 46.9 Å². The SMILES string of the molecule is CCCCNC(=O)c1ccc(-n2ccnc2S)cc1. The van der Waals surface area contributed by atoms with Gasteiger partial charge in [0.2, 0.25) is 0 Å². The minimum Gasteiger partial charge on any atom is -0.352 e. The van der Waals surface area contributed by atoms with Gasteiger partial charge in [0.15, 0.2) is 5.16 Å². The molecule has 1 N–H and O–H groups in total. The molecule has 19 heavy (non-hydrogen) atoms. The molecule has 0 bridgehead atoms. The van der Waals surface area contributed by atoms with E-state index in [9.17, 15) is 4.79 Å². The molecule has 100 valence electrons. The quantitative estimate of drug-likeness (QED) is 0.651. The first-order chi connectivity index (χ1) is 9.22. The molecular formula is C14H17N3OS. The van der Waals surface area contributed by atoms with E-state index in [0.717, 1.165) is 25.1 Å². The maximum Gasteiger partial charge on any atom is 0.251 e. The molecule has 0 atom stereocenters. The van der Waals surface area contributed by atoms with Gasteiger partial charge < -0.3 is 5.32 Å². The monoisotopic (exact) mass is 275 g/mol. The third-order valence-corrected chi connectivity index (χ3v) is 3.18. The highest BCUT2D eigenvalue weighted by molar-refractivity contribution is 7.80. The Balaban J connectivity index is 2.06. The van der Waals surface area contributed by atoms with Crippen LogP contribution in [-0.4, -0.2) is 22.0 Å². The van der Waals surface area contributed by atoms with Crippen molar-refractivity contribution in [2.75, 3.05) is 6.54 Å². The van der Waals surface area contributed by atoms with Gasteiger partial charge in [-0.15, -0.1) is 12.6 Å². The van der Waals surface area contributed by atoms with Crippen molar-refractivity contribution in [3.63, 3.8) is 0 Å². The van der Waals surface area contributed by atoms with Crippen LogP contribution in [0.2, 0.25) is 0 Å². The molecule has 0 aliphatic rings. The van der Waals surface area contributed by atoms with Crippen LogP contribution in [-0.2, 0) is 0 Å². The molecule has 4 nitrogen and oxygen atoms in total. The lowest BCUT2D eigenvalue weighted by atomic mass is 10.2. The molecule has 0 saturated carbocycles. The van der Waals surface area contributed by atoms with E-state index in [2.05, 4.69) is 29.9 Å². The van der Waals surface area contributed by atoms with Gasteiger partial charge in [-0.3, -0.25) is 9.36 Å². The van der Waals surface area contributed by atoms with Gasteiger partial charge in [0.25, 0.3) is 5.91 Å². The van der Waals surface area contributed by atoms with Crippen LogP contribution in [0, 0.1) is 0 Å². The Morgan fingerprint density at radius 2 is 2.11 bits per heavy atom. The molecule has 0 saturated heterocycles. The van der Waals surface area contributed by atoms with E-state index < -0.39 is 0 Å². The Labute approximate surface area is 118 Å². The van der Waals surface area contributed by atoms with Crippen LogP contribution in [0.1, 0.15) is 30.1 Å². The van der Waals surface area contributed by atoms with E-state index in [1.54, 1.807) is 6.20 Å². The second kappa shape index (κ2) is 6.43. The number of hydrogen-bond donors (Lipinski definition) is 2. The number of carbonyl (C=O) groups excluding carboxylic acids is 1. The summed E-state index contributed by atoms with van der Waals surface area (Å²) >= 11 is 4.26. The second-order valence-electron chi connectivity index (χ2n) is 4.25. The molecule has 0 aliphatic heterocycles. The molecule has 2 aromatic rings. The Bertz CT molecular complexity index is 548. The standard InChI is InChI=1S/C14H17N3OS/c1-2-3-8-15-13(18)11-4-6-12(7-5-11)17-10-9-16-14(17)19/h4-7,9-10H,2-3,8H2,1H3,(H,15,18)(H,16,19). The Morgan fingerprint density at radius 1 is 1.37 bits per heavy atom. The number of nitrogens with zero attached hydrogens (tertiary/aromatic N) is 2. The third kappa shape index (κ3) is 3.38. The van der Waals surface area contributed by atoms with Crippen LogP contribution in [0.3, 0.4) is 0 Å². The van der Waals surface area contributed by atoms with E-state index in [0.29, 0.717) is 10.7 Å². The predicted molar refractivity (Wildman–Crippen MR) is 78.1 cm³/mol. The summed E-state index contributed by atoms with van der Waals surface area (Å²) in [7, 11) is 0. The zero-order valence-corrected chi connectivity index (χ0v) is 11.7. The van der Waals surface area contributed by atoms with Gasteiger partial charge in [-0.05, 0) is 30.7 Å². The van der Waals surface area contributed by atoms with Gasteiger partial charge in [-0.1, -0.05) is 13.3 Å². The fraction of sp³-hybridized carbons (Fsp3) is 0.286. The third-order valence-electron chi connectivity index (χ3n) is 2.84. The van der Waals surface area contributed by atoms with Gasteiger partial charge >= 0.3 is 0 Å². The minimum atomic E-state index is -0.0308. The van der Waals surface area contributed by atoms with Crippen molar-refractivity contribution in [1.29, 1.82) is 0 Å². The van der Waals surface area contributed by atoms with Crippen LogP contribution in [0.5, 0.6) is 0 Å². The summed E-state index contributed by atoms with van der Waals surface area (Å²) in [5, 5.41) is 3.52. The molecule has 1 aromatic carbocycles. The normalized spacial score (nSPS) is 10.4. The van der Waals surface area contributed by atoms with Crippen molar-refractivity contribution in [2.24, 2.45) is 0 Å². The molecule has 0 aliphatic carbocycles. The molecular weight excluding hydrogens is 258 g/mol. The number of rotatable bonds is 5. The molecule has 0 unspecified atom stereocenters. The molecule has 0 spiro atoms. The summed E-state index contributed by atoms with van der Waals surface area (Å²) in [4.78, 5) is 15.9. The molecule has 0 fully saturated rings. The van der Waals surface area contributed by atoms with Crippen LogP contribution in [0.25, 0.3) is 5.69 Å². The van der Waals surface area contributed by atoms with E-state index in [4.69, 9.17) is 0 Å². The van der Waals surface area contributed by atoms with Gasteiger partial charge in [-0.2, -0.15) is 0 Å². The summed E-state index contributed by atoms with van der Waals surface area (Å²) in [5.74, 6) is -0.0308. The molecule has 1 aromatic heterocycles. The van der Waals surface area contributed by atoms with Crippen molar-refractivity contribution in [2.45, 2.75) is 24.9 Å². The van der Waals surface area contributed by atoms with Gasteiger partial charge in [0.05, 0.1) is 0 Å². The Hall–Kier alpha value is -1.75. The second-order valence-corrected chi connectivity index (χ2v) is 4.65. The highest BCUT2D eigenvalue weighted by atomic mass is 32.1. The average molecular weight is 275 g/mol. The predicted octanol–water partition coefficient (Wildman–Crippen LogP) is 2.69. The Morgan fingerprint density at radius 3 is 2.68 bits per heavy atom. The van der Waals surface area contributed by atoms with E-state index in [1.165, 1.54) is 0 Å². The van der Waals surface area contributed by atoms with Crippen molar-refractivity contribution < 1.29 is 4.79 Å². The number of carbonyl (C=O) groups is 1. The van der Waals surface area contributed by atoms with Crippen LogP contribution < -0.4 is 5.32 Å². The maximum absolute atomic E-state index is 11.8. The number of imidazole rings is 1. The van der Waals surface area contributed by atoms with Crippen molar-refractivity contribution in [3.8, 4) is 5.69 Å². The van der Waals surface area contributed by atoms with Crippen LogP contribution in [0.15, 0.2) is 41.8 Å². The van der Waals surface area contributed by atoms with E-state index in [1.807, 2.05) is 35.0 Å². The largest absolute Gasteiger partial charge is 0.352 e. The Kier molecular flexibility index (Phi) is 4.63. The molecule has 1 amide bonds. The van der Waals surface area contributed by atoms with Gasteiger partial charge in [-0.25, -0.2) is 4.98 Å². The van der Waals surface area contributed by atoms with Gasteiger partial charge in [0.1, 0.15) is 0 Å². The summed E-state index contributed by atoms with van der Waals surface area (Å²) in [6.45, 7) is 2.82. The minimum absolute atomic E-state index is 0.0308. The fourth-order valence-corrected chi connectivity index (χ4v) is 2.00. The summed E-state index contributed by atoms with van der Waals surface area (Å²) < 4.78 is 1.85. The van der Waals surface area contributed by atoms with Crippen LogP contribution >= 0.6 is 12.6 Å². The lowest BCUT2D eigenvalue weighted by molar-refractivity contribution is 0.0953. The number of nitrogens with one attached hydrogen (secondary N) is 1. The summed E-state index contributed by atoms with van der Waals surface area (Å²) in [5.41, 5.74) is 1.60. The lowest BCUT2D eigenvalue weighted by Crippen LogP contribution is -2.24. The number of thiol groups is 1. The first-order valence-electron chi connectivity index (χ1n) is 6.33. The van der Waals surface area contributed by atoms with E-state index in [-0.39, 0.29) is 5.91 Å². The summed E-state index contributed by atoms with van der Waals surface area (Å²) in [6.07, 6.45) is 5.60. The van der Waals surface area contributed by atoms with E-state index >= 15 is 0 Å². The summed E-state index contributed by atoms with van der Waals surface area (Å²) in [6, 6.07) is 7.39. The van der Waals surface area contributed by atoms with Crippen molar-refractivity contribution in [3.05, 3.63) is 42.2 Å². The van der Waals surface area contributed by atoms with Gasteiger partial charge in [0, 0.05) is 30.2 Å². The smallest absolute Gasteiger partial charge is 0.251 e. The maximum atomic E-state index is 11.8. The molecule has 2 rings (SSSR count). The van der Waals surface area contributed by atoms with Crippen molar-refractivity contribution >= 4 is 18.5 Å². The zero-order valence-electron chi connectivity index (χ0n) is 10.8. The zero-order chi connectivity index (χ0) is 13.7. The first-order valence-corrected chi connectivity index (χ1v) is 6.78. The number of amides is 1. The number of unbranched alkanes of at least 4 members (excludes halogenated alkanes) is 1. The highest BCUT2D eigenvalue weighted by Gasteiger charge is 2.06. The molecule has 5 heteroatoms. The molecule has 1 heterocycles.